The molecule has 2 heteroatoms. The normalized spacial score (nSPS) is 10.1. The van der Waals surface area contributed by atoms with Gasteiger partial charge in [-0.1, -0.05) is 25.5 Å². The zero-order valence-corrected chi connectivity index (χ0v) is 8.84. The Labute approximate surface area is 85.1 Å². The number of carbonyl (C=O) groups excluding carboxylic acids is 1. The van der Waals surface area contributed by atoms with Crippen LogP contribution in [-0.4, -0.2) is 5.78 Å². The van der Waals surface area contributed by atoms with E-state index in [1.807, 2.05) is 25.1 Å². The van der Waals surface area contributed by atoms with Crippen molar-refractivity contribution in [2.75, 3.05) is 5.73 Å². The quantitative estimate of drug-likeness (QED) is 0.587. The number of hydrogen-bond acceptors (Lipinski definition) is 2. The molecule has 0 aromatic heterocycles. The van der Waals surface area contributed by atoms with Crippen LogP contribution in [0.4, 0.5) is 5.69 Å². The molecule has 1 aromatic carbocycles. The molecule has 1 aromatic rings. The van der Waals surface area contributed by atoms with Crippen molar-refractivity contribution in [3.05, 3.63) is 29.3 Å². The van der Waals surface area contributed by atoms with Crippen molar-refractivity contribution >= 4 is 11.5 Å². The van der Waals surface area contributed by atoms with Gasteiger partial charge in [0.25, 0.3) is 0 Å². The molecule has 0 aliphatic heterocycles. The summed E-state index contributed by atoms with van der Waals surface area (Å²) in [6, 6.07) is 5.51. The standard InChI is InChI=1S/C12H17NO/c1-3-4-8-12(14)10-6-5-7-11(13)9(10)2/h5-7H,3-4,8,13H2,1-2H3. The Kier molecular flexibility index (Phi) is 3.69. The third kappa shape index (κ3) is 2.34. The van der Waals surface area contributed by atoms with Gasteiger partial charge in [0.05, 0.1) is 0 Å². The molecule has 0 fully saturated rings. The molecule has 0 radical (unpaired) electrons. The Morgan fingerprint density at radius 2 is 2.14 bits per heavy atom. The fraction of sp³-hybridized carbons (Fsp3) is 0.417. The van der Waals surface area contributed by atoms with Crippen LogP contribution in [0.25, 0.3) is 0 Å². The molecule has 0 spiro atoms. The Morgan fingerprint density at radius 3 is 2.79 bits per heavy atom. The number of ketones is 1. The van der Waals surface area contributed by atoms with Gasteiger partial charge in [0.15, 0.2) is 5.78 Å². The lowest BCUT2D eigenvalue weighted by Crippen LogP contribution is -2.03. The predicted molar refractivity (Wildman–Crippen MR) is 59.4 cm³/mol. The zero-order valence-electron chi connectivity index (χ0n) is 8.84. The summed E-state index contributed by atoms with van der Waals surface area (Å²) < 4.78 is 0. The van der Waals surface area contributed by atoms with Crippen LogP contribution in [0, 0.1) is 6.92 Å². The summed E-state index contributed by atoms with van der Waals surface area (Å²) in [5, 5.41) is 0. The lowest BCUT2D eigenvalue weighted by atomic mass is 10.00. The maximum absolute atomic E-state index is 11.7. The summed E-state index contributed by atoms with van der Waals surface area (Å²) in [6.07, 6.45) is 2.63. The van der Waals surface area contributed by atoms with Crippen molar-refractivity contribution in [1.82, 2.24) is 0 Å². The lowest BCUT2D eigenvalue weighted by molar-refractivity contribution is 0.0979. The van der Waals surface area contributed by atoms with Crippen LogP contribution in [0.2, 0.25) is 0 Å². The maximum Gasteiger partial charge on any atom is 0.163 e. The summed E-state index contributed by atoms with van der Waals surface area (Å²) in [5.41, 5.74) is 8.12. The first-order chi connectivity index (χ1) is 6.66. The molecule has 0 aliphatic rings. The molecule has 0 saturated heterocycles. The average Bonchev–Trinajstić information content (AvgIpc) is 2.18. The van der Waals surface area contributed by atoms with Gasteiger partial charge >= 0.3 is 0 Å². The first kappa shape index (κ1) is 10.8. The molecule has 0 unspecified atom stereocenters. The van der Waals surface area contributed by atoms with E-state index in [1.54, 1.807) is 0 Å². The summed E-state index contributed by atoms with van der Waals surface area (Å²) in [7, 11) is 0. The number of unbranched alkanes of at least 4 members (excludes halogenated alkanes) is 1. The number of carbonyl (C=O) groups is 1. The molecule has 0 heterocycles. The fourth-order valence-corrected chi connectivity index (χ4v) is 1.43. The largest absolute Gasteiger partial charge is 0.398 e. The van der Waals surface area contributed by atoms with Crippen LogP contribution in [0.1, 0.15) is 42.1 Å². The van der Waals surface area contributed by atoms with Crippen LogP contribution in [0.3, 0.4) is 0 Å². The highest BCUT2D eigenvalue weighted by Gasteiger charge is 2.09. The van der Waals surface area contributed by atoms with E-state index in [1.165, 1.54) is 0 Å². The van der Waals surface area contributed by atoms with Crippen molar-refractivity contribution in [2.45, 2.75) is 33.1 Å². The Morgan fingerprint density at radius 1 is 1.43 bits per heavy atom. The molecule has 0 bridgehead atoms. The number of rotatable bonds is 4. The highest BCUT2D eigenvalue weighted by atomic mass is 16.1. The van der Waals surface area contributed by atoms with E-state index in [4.69, 9.17) is 5.73 Å². The first-order valence-corrected chi connectivity index (χ1v) is 5.05. The third-order valence-electron chi connectivity index (χ3n) is 2.43. The van der Waals surface area contributed by atoms with Gasteiger partial charge in [-0.25, -0.2) is 0 Å². The Balaban J connectivity index is 2.84. The highest BCUT2D eigenvalue weighted by Crippen LogP contribution is 2.17. The number of anilines is 1. The van der Waals surface area contributed by atoms with Gasteiger partial charge in [-0.05, 0) is 25.0 Å². The summed E-state index contributed by atoms with van der Waals surface area (Å²) in [6.45, 7) is 3.98. The molecule has 0 saturated carbocycles. The minimum absolute atomic E-state index is 0.205. The number of hydrogen-bond donors (Lipinski definition) is 1. The van der Waals surface area contributed by atoms with Crippen molar-refractivity contribution < 1.29 is 4.79 Å². The minimum atomic E-state index is 0.205. The number of nitrogens with two attached hydrogens (primary N) is 1. The van der Waals surface area contributed by atoms with Crippen LogP contribution in [0.5, 0.6) is 0 Å². The second-order valence-corrected chi connectivity index (χ2v) is 3.55. The van der Waals surface area contributed by atoms with E-state index in [0.29, 0.717) is 12.1 Å². The Hall–Kier alpha value is -1.31. The zero-order chi connectivity index (χ0) is 10.6. The monoisotopic (exact) mass is 191 g/mol. The molecular formula is C12H17NO. The van der Waals surface area contributed by atoms with E-state index in [-0.39, 0.29) is 5.78 Å². The first-order valence-electron chi connectivity index (χ1n) is 5.05. The number of nitrogen functional groups attached to an aromatic ring is 1. The molecule has 76 valence electrons. The molecule has 0 aliphatic carbocycles. The van der Waals surface area contributed by atoms with E-state index >= 15 is 0 Å². The van der Waals surface area contributed by atoms with Gasteiger partial charge < -0.3 is 5.73 Å². The minimum Gasteiger partial charge on any atom is -0.398 e. The average molecular weight is 191 g/mol. The van der Waals surface area contributed by atoms with Crippen molar-refractivity contribution in [2.24, 2.45) is 0 Å². The van der Waals surface area contributed by atoms with Gasteiger partial charge in [-0.15, -0.1) is 0 Å². The van der Waals surface area contributed by atoms with Crippen LogP contribution in [-0.2, 0) is 0 Å². The second kappa shape index (κ2) is 4.80. The Bertz CT molecular complexity index is 331. The predicted octanol–water partition coefficient (Wildman–Crippen LogP) is 2.95. The van der Waals surface area contributed by atoms with E-state index in [0.717, 1.165) is 24.0 Å². The van der Waals surface area contributed by atoms with Crippen molar-refractivity contribution in [3.63, 3.8) is 0 Å². The van der Waals surface area contributed by atoms with Crippen LogP contribution in [0.15, 0.2) is 18.2 Å². The van der Waals surface area contributed by atoms with E-state index in [9.17, 15) is 4.79 Å². The molecule has 0 amide bonds. The fourth-order valence-electron chi connectivity index (χ4n) is 1.43. The molecular weight excluding hydrogens is 174 g/mol. The highest BCUT2D eigenvalue weighted by molar-refractivity contribution is 5.98. The molecule has 1 rings (SSSR count). The number of Topliss-reactive ketones (excluding diaryl/α,β-unsaturated/α-hetero) is 1. The smallest absolute Gasteiger partial charge is 0.163 e. The van der Waals surface area contributed by atoms with Gasteiger partial charge in [0, 0.05) is 17.7 Å². The van der Waals surface area contributed by atoms with Crippen LogP contribution < -0.4 is 5.73 Å². The molecule has 2 nitrogen and oxygen atoms in total. The SMILES string of the molecule is CCCCC(=O)c1cccc(N)c1C. The van der Waals surface area contributed by atoms with Gasteiger partial charge in [-0.3, -0.25) is 4.79 Å². The topological polar surface area (TPSA) is 43.1 Å². The maximum atomic E-state index is 11.7. The summed E-state index contributed by atoms with van der Waals surface area (Å²) >= 11 is 0. The van der Waals surface area contributed by atoms with Gasteiger partial charge in [0.1, 0.15) is 0 Å². The van der Waals surface area contributed by atoms with Crippen LogP contribution >= 0.6 is 0 Å². The van der Waals surface area contributed by atoms with E-state index < -0.39 is 0 Å². The molecule has 2 N–H and O–H groups in total. The third-order valence-corrected chi connectivity index (χ3v) is 2.43. The van der Waals surface area contributed by atoms with Gasteiger partial charge in [-0.2, -0.15) is 0 Å². The summed E-state index contributed by atoms with van der Waals surface area (Å²) in [4.78, 5) is 11.7. The molecule has 14 heavy (non-hydrogen) atoms. The summed E-state index contributed by atoms with van der Waals surface area (Å²) in [5.74, 6) is 0.205. The number of benzene rings is 1. The van der Waals surface area contributed by atoms with Crippen molar-refractivity contribution in [3.8, 4) is 0 Å². The van der Waals surface area contributed by atoms with Crippen molar-refractivity contribution in [1.29, 1.82) is 0 Å². The van der Waals surface area contributed by atoms with Gasteiger partial charge in [0.2, 0.25) is 0 Å². The van der Waals surface area contributed by atoms with E-state index in [2.05, 4.69) is 6.92 Å². The lowest BCUT2D eigenvalue weighted by Gasteiger charge is -2.06. The molecule has 0 atom stereocenters. The second-order valence-electron chi connectivity index (χ2n) is 3.55.